The van der Waals surface area contributed by atoms with Crippen LogP contribution in [0.15, 0.2) is 0 Å². The van der Waals surface area contributed by atoms with E-state index >= 15 is 0 Å². The topological polar surface area (TPSA) is 49.8 Å². The Bertz CT molecular complexity index is 188. The van der Waals surface area contributed by atoms with E-state index in [-0.39, 0.29) is 18.8 Å². The lowest BCUT2D eigenvalue weighted by atomic mass is 10.2. The van der Waals surface area contributed by atoms with Gasteiger partial charge < -0.3 is 9.84 Å². The zero-order valence-electron chi connectivity index (χ0n) is 8.10. The van der Waals surface area contributed by atoms with Gasteiger partial charge in [-0.05, 0) is 6.92 Å². The molecule has 1 saturated heterocycles. The van der Waals surface area contributed by atoms with Gasteiger partial charge in [-0.25, -0.2) is 8.51 Å². The van der Waals surface area contributed by atoms with Gasteiger partial charge in [0.15, 0.2) is 0 Å². The van der Waals surface area contributed by atoms with Crippen molar-refractivity contribution in [3.8, 4) is 0 Å². The first-order valence-corrected chi connectivity index (χ1v) is 5.84. The predicted octanol–water partition coefficient (Wildman–Crippen LogP) is -0.248. The van der Waals surface area contributed by atoms with Crippen LogP contribution in [0.2, 0.25) is 0 Å². The number of rotatable bonds is 3. The zero-order valence-corrected chi connectivity index (χ0v) is 8.92. The van der Waals surface area contributed by atoms with Crippen LogP contribution >= 0.6 is 0 Å². The van der Waals surface area contributed by atoms with E-state index in [4.69, 9.17) is 9.84 Å². The van der Waals surface area contributed by atoms with Crippen LogP contribution in [-0.4, -0.2) is 51.3 Å². The first-order chi connectivity index (χ1) is 6.17. The normalized spacial score (nSPS) is 33.2. The molecule has 0 saturated carbocycles. The molecule has 4 nitrogen and oxygen atoms in total. The molecule has 1 rings (SSSR count). The molecule has 13 heavy (non-hydrogen) atoms. The quantitative estimate of drug-likeness (QED) is 0.694. The predicted molar refractivity (Wildman–Crippen MR) is 51.7 cm³/mol. The summed E-state index contributed by atoms with van der Waals surface area (Å²) in [5, 5.41) is 8.93. The molecule has 0 spiro atoms. The van der Waals surface area contributed by atoms with E-state index in [1.165, 1.54) is 0 Å². The number of morpholine rings is 1. The molecule has 1 aliphatic heterocycles. The Morgan fingerprint density at radius 3 is 2.85 bits per heavy atom. The summed E-state index contributed by atoms with van der Waals surface area (Å²) in [5.41, 5.74) is 0. The Hall–Kier alpha value is 0.0300. The summed E-state index contributed by atoms with van der Waals surface area (Å²) in [4.78, 5) is 0. The van der Waals surface area contributed by atoms with Crippen molar-refractivity contribution in [2.24, 2.45) is 0 Å². The van der Waals surface area contributed by atoms with Gasteiger partial charge in [0.1, 0.15) is 0 Å². The highest BCUT2D eigenvalue weighted by atomic mass is 32.2. The minimum absolute atomic E-state index is 0.00174. The fourth-order valence-electron chi connectivity index (χ4n) is 1.45. The molecule has 1 aliphatic rings. The number of hydrogen-bond acceptors (Lipinski definition) is 3. The first-order valence-electron chi connectivity index (χ1n) is 4.57. The smallest absolute Gasteiger partial charge is 0.0946 e. The van der Waals surface area contributed by atoms with Crippen LogP contribution in [0.3, 0.4) is 0 Å². The third-order valence-electron chi connectivity index (χ3n) is 2.03. The summed E-state index contributed by atoms with van der Waals surface area (Å²) >= 11 is 0. The standard InChI is InChI=1S/C8H17NO3S/c1-3-13(11)9-4-7(2)12-8(5-9)6-10/h7-8,10H,3-6H2,1-2H3. The summed E-state index contributed by atoms with van der Waals surface area (Å²) in [6, 6.07) is 0. The lowest BCUT2D eigenvalue weighted by Gasteiger charge is -2.34. The van der Waals surface area contributed by atoms with Gasteiger partial charge in [0, 0.05) is 18.8 Å². The van der Waals surface area contributed by atoms with Crippen molar-refractivity contribution in [3.63, 3.8) is 0 Å². The van der Waals surface area contributed by atoms with Gasteiger partial charge in [-0.3, -0.25) is 0 Å². The number of hydrogen-bond donors (Lipinski definition) is 1. The summed E-state index contributed by atoms with van der Waals surface area (Å²) in [7, 11) is -0.914. The first kappa shape index (κ1) is 11.1. The molecule has 0 aromatic carbocycles. The van der Waals surface area contributed by atoms with Crippen molar-refractivity contribution in [1.82, 2.24) is 4.31 Å². The van der Waals surface area contributed by atoms with E-state index in [2.05, 4.69) is 0 Å². The van der Waals surface area contributed by atoms with Crippen LogP contribution < -0.4 is 0 Å². The van der Waals surface area contributed by atoms with E-state index in [1.54, 1.807) is 0 Å². The highest BCUT2D eigenvalue weighted by Crippen LogP contribution is 2.12. The van der Waals surface area contributed by atoms with Gasteiger partial charge in [-0.15, -0.1) is 0 Å². The fraction of sp³-hybridized carbons (Fsp3) is 1.00. The Morgan fingerprint density at radius 2 is 2.31 bits per heavy atom. The van der Waals surface area contributed by atoms with Crippen molar-refractivity contribution in [3.05, 3.63) is 0 Å². The van der Waals surface area contributed by atoms with Crippen molar-refractivity contribution < 1.29 is 14.1 Å². The number of nitrogens with zero attached hydrogens (tertiary/aromatic N) is 1. The van der Waals surface area contributed by atoms with Crippen LogP contribution in [0.4, 0.5) is 0 Å². The molecule has 1 N–H and O–H groups in total. The number of aliphatic hydroxyl groups is 1. The monoisotopic (exact) mass is 207 g/mol. The molecule has 1 fully saturated rings. The highest BCUT2D eigenvalue weighted by Gasteiger charge is 2.27. The van der Waals surface area contributed by atoms with Gasteiger partial charge in [0.2, 0.25) is 0 Å². The minimum atomic E-state index is -0.914. The van der Waals surface area contributed by atoms with Crippen LogP contribution in [-0.2, 0) is 15.7 Å². The maximum atomic E-state index is 11.5. The number of aliphatic hydroxyl groups excluding tert-OH is 1. The second-order valence-electron chi connectivity index (χ2n) is 3.21. The molecule has 3 unspecified atom stereocenters. The van der Waals surface area contributed by atoms with E-state index in [1.807, 2.05) is 18.2 Å². The summed E-state index contributed by atoms with van der Waals surface area (Å²) in [5.74, 6) is 0.630. The molecule has 0 aliphatic carbocycles. The molecular formula is C8H17NO3S. The van der Waals surface area contributed by atoms with Crippen molar-refractivity contribution in [2.45, 2.75) is 26.1 Å². The zero-order chi connectivity index (χ0) is 9.84. The maximum Gasteiger partial charge on any atom is 0.0946 e. The van der Waals surface area contributed by atoms with E-state index in [9.17, 15) is 4.21 Å². The molecule has 0 amide bonds. The maximum absolute atomic E-state index is 11.5. The molecule has 0 aromatic heterocycles. The molecule has 0 bridgehead atoms. The average Bonchev–Trinajstić information content (AvgIpc) is 2.15. The molecule has 0 aromatic rings. The average molecular weight is 207 g/mol. The van der Waals surface area contributed by atoms with Crippen molar-refractivity contribution in [1.29, 1.82) is 0 Å². The second kappa shape index (κ2) is 5.05. The number of ether oxygens (including phenoxy) is 1. The molecule has 5 heteroatoms. The minimum Gasteiger partial charge on any atom is -0.394 e. The van der Waals surface area contributed by atoms with Crippen LogP contribution in [0, 0.1) is 0 Å². The van der Waals surface area contributed by atoms with Crippen LogP contribution in [0.25, 0.3) is 0 Å². The Balaban J connectivity index is 2.51. The summed E-state index contributed by atoms with van der Waals surface area (Å²) in [6.07, 6.45) is -0.124. The fourth-order valence-corrected chi connectivity index (χ4v) is 2.53. The van der Waals surface area contributed by atoms with Crippen LogP contribution in [0.5, 0.6) is 0 Å². The van der Waals surface area contributed by atoms with Gasteiger partial charge >= 0.3 is 0 Å². The third-order valence-corrected chi connectivity index (χ3v) is 3.40. The van der Waals surface area contributed by atoms with Gasteiger partial charge in [0.05, 0.1) is 29.8 Å². The lowest BCUT2D eigenvalue weighted by Crippen LogP contribution is -2.48. The molecule has 1 heterocycles. The summed E-state index contributed by atoms with van der Waals surface area (Å²) < 4.78 is 18.8. The van der Waals surface area contributed by atoms with Crippen LogP contribution in [0.1, 0.15) is 13.8 Å². The van der Waals surface area contributed by atoms with E-state index < -0.39 is 11.0 Å². The van der Waals surface area contributed by atoms with E-state index in [0.717, 1.165) is 0 Å². The second-order valence-corrected chi connectivity index (χ2v) is 4.95. The van der Waals surface area contributed by atoms with Gasteiger partial charge in [-0.1, -0.05) is 6.92 Å². The molecule has 3 atom stereocenters. The Labute approximate surface area is 81.5 Å². The summed E-state index contributed by atoms with van der Waals surface area (Å²) in [6.45, 7) is 5.09. The van der Waals surface area contributed by atoms with Crippen molar-refractivity contribution >= 4 is 11.0 Å². The largest absolute Gasteiger partial charge is 0.394 e. The Morgan fingerprint density at radius 1 is 1.62 bits per heavy atom. The van der Waals surface area contributed by atoms with Crippen molar-refractivity contribution in [2.75, 3.05) is 25.4 Å². The lowest BCUT2D eigenvalue weighted by molar-refractivity contribution is -0.0740. The van der Waals surface area contributed by atoms with Gasteiger partial charge in [0.25, 0.3) is 0 Å². The van der Waals surface area contributed by atoms with Gasteiger partial charge in [-0.2, -0.15) is 0 Å². The Kier molecular flexibility index (Phi) is 4.31. The van der Waals surface area contributed by atoms with E-state index in [0.29, 0.717) is 18.8 Å². The highest BCUT2D eigenvalue weighted by molar-refractivity contribution is 7.82. The third kappa shape index (κ3) is 3.02. The molecule has 0 radical (unpaired) electrons. The molecular weight excluding hydrogens is 190 g/mol. The molecule has 78 valence electrons. The SMILES string of the molecule is CCS(=O)N1CC(C)OC(CO)C1.